The molecule has 0 amide bonds. The predicted octanol–water partition coefficient (Wildman–Crippen LogP) is 1.51. The zero-order valence-corrected chi connectivity index (χ0v) is 23.3. The number of piperazine rings is 2. The number of nitrogens with one attached hydrogen (secondary N) is 1. The molecule has 4 heterocycles. The smallest absolute Gasteiger partial charge is 0.156 e. The number of hydrogen-bond donors (Lipinski definition) is 1. The maximum atomic E-state index is 5.62. The minimum atomic E-state index is -0.528. The van der Waals surface area contributed by atoms with Gasteiger partial charge in [-0.25, -0.2) is 0 Å². The Labute approximate surface area is 227 Å². The number of nitrogens with zero attached hydrogens (tertiary/aromatic N) is 5. The van der Waals surface area contributed by atoms with Crippen LogP contribution < -0.4 is 20.5 Å². The maximum Gasteiger partial charge on any atom is 0.156 e. The van der Waals surface area contributed by atoms with Crippen molar-refractivity contribution in [2.24, 2.45) is 0 Å². The number of ether oxygens (including phenoxy) is 1. The Morgan fingerprint density at radius 1 is 0.889 bits per heavy atom. The molecular weight excluding hydrogens is 495 g/mol. The highest BCUT2D eigenvalue weighted by Gasteiger charge is 2.42. The van der Waals surface area contributed by atoms with Crippen LogP contribution in [-0.4, -0.2) is 97.1 Å². The van der Waals surface area contributed by atoms with Gasteiger partial charge in [-0.2, -0.15) is 0 Å². The molecule has 0 aliphatic carbocycles. The zero-order chi connectivity index (χ0) is 23.5. The molecule has 1 aromatic heterocycles. The van der Waals surface area contributed by atoms with Gasteiger partial charge in [-0.05, 0) is 30.5 Å². The van der Waals surface area contributed by atoms with E-state index in [0.29, 0.717) is 0 Å². The average Bonchev–Trinajstić information content (AvgIpc) is 2.92. The average molecular weight is 536 g/mol. The van der Waals surface area contributed by atoms with Crippen LogP contribution in [0.15, 0.2) is 42.6 Å². The predicted molar refractivity (Wildman–Crippen MR) is 151 cm³/mol. The van der Waals surface area contributed by atoms with Crippen LogP contribution in [-0.2, 0) is 5.66 Å². The van der Waals surface area contributed by atoms with E-state index in [1.165, 1.54) is 16.3 Å². The second kappa shape index (κ2) is 12.5. The second-order valence-corrected chi connectivity index (χ2v) is 9.40. The Bertz CT molecular complexity index is 1120. The summed E-state index contributed by atoms with van der Waals surface area (Å²) >= 11 is 0. The summed E-state index contributed by atoms with van der Waals surface area (Å²) in [5, 5.41) is 6.59. The fraction of sp³-hybridized carbons (Fsp3) is 0.519. The van der Waals surface area contributed by atoms with Gasteiger partial charge in [0.1, 0.15) is 11.6 Å². The summed E-state index contributed by atoms with van der Waals surface area (Å²) in [6.07, 6.45) is 4.26. The summed E-state index contributed by atoms with van der Waals surface area (Å²) < 4.78 is 5.62. The van der Waals surface area contributed by atoms with Gasteiger partial charge in [0.05, 0.1) is 12.8 Å². The van der Waals surface area contributed by atoms with E-state index in [1.54, 1.807) is 7.11 Å². The van der Waals surface area contributed by atoms with E-state index in [4.69, 9.17) is 9.72 Å². The van der Waals surface area contributed by atoms with Crippen molar-refractivity contribution >= 4 is 36.7 Å². The molecule has 2 aromatic rings. The molecule has 0 saturated carbocycles. The molecule has 2 saturated heterocycles. The topological polar surface area (TPSA) is 47.1 Å². The molecule has 7 nitrogen and oxygen atoms in total. The van der Waals surface area contributed by atoms with E-state index in [2.05, 4.69) is 75.2 Å². The Balaban J connectivity index is 0.00000180. The first-order valence-corrected chi connectivity index (χ1v) is 12.7. The molecule has 1 unspecified atom stereocenters. The molecule has 3 aliphatic rings. The summed E-state index contributed by atoms with van der Waals surface area (Å²) in [4.78, 5) is 15.1. The van der Waals surface area contributed by atoms with Crippen LogP contribution >= 0.6 is 24.8 Å². The normalized spacial score (nSPS) is 23.0. The van der Waals surface area contributed by atoms with Crippen LogP contribution in [0.5, 0.6) is 5.75 Å². The third-order valence-corrected chi connectivity index (χ3v) is 7.70. The van der Waals surface area contributed by atoms with Crippen molar-refractivity contribution in [3.8, 4) is 5.75 Å². The highest BCUT2D eigenvalue weighted by atomic mass is 35.5. The zero-order valence-electron chi connectivity index (χ0n) is 21.7. The van der Waals surface area contributed by atoms with Gasteiger partial charge in [0, 0.05) is 69.8 Å². The van der Waals surface area contributed by atoms with Crippen LogP contribution in [0.4, 0.5) is 0 Å². The van der Waals surface area contributed by atoms with Crippen molar-refractivity contribution in [3.05, 3.63) is 58.7 Å². The Hall–Kier alpha value is -2.03. The molecular formula is C27H40Cl2N6O. The van der Waals surface area contributed by atoms with Crippen LogP contribution in [0, 0.1) is 0 Å². The largest absolute Gasteiger partial charge is 0.497 e. The third kappa shape index (κ3) is 5.46. The summed E-state index contributed by atoms with van der Waals surface area (Å²) in [7, 11) is 1.73. The van der Waals surface area contributed by atoms with Crippen LogP contribution in [0.3, 0.4) is 0 Å². The van der Waals surface area contributed by atoms with Gasteiger partial charge in [-0.15, -0.1) is 24.8 Å². The number of likely N-dealkylation sites (N-methyl/N-ethyl adjacent to an activating group) is 2. The fourth-order valence-electron chi connectivity index (χ4n) is 5.52. The van der Waals surface area contributed by atoms with Gasteiger partial charge in [0.15, 0.2) is 5.66 Å². The van der Waals surface area contributed by atoms with Gasteiger partial charge < -0.3 is 24.8 Å². The number of methoxy groups -OCH3 is 1. The van der Waals surface area contributed by atoms with Gasteiger partial charge in [0.25, 0.3) is 0 Å². The lowest BCUT2D eigenvalue weighted by molar-refractivity contribution is 0.0490. The summed E-state index contributed by atoms with van der Waals surface area (Å²) in [5.74, 6) is 2.06. The Kier molecular flexibility index (Phi) is 9.89. The van der Waals surface area contributed by atoms with E-state index < -0.39 is 5.66 Å². The number of fused-ring (bicyclic) bond motifs is 1. The van der Waals surface area contributed by atoms with Crippen molar-refractivity contribution in [1.29, 1.82) is 0 Å². The molecule has 2 fully saturated rings. The van der Waals surface area contributed by atoms with Crippen LogP contribution in [0.25, 0.3) is 11.9 Å². The molecule has 36 heavy (non-hydrogen) atoms. The van der Waals surface area contributed by atoms with E-state index in [1.807, 2.05) is 12.3 Å². The van der Waals surface area contributed by atoms with Crippen molar-refractivity contribution in [3.63, 3.8) is 0 Å². The van der Waals surface area contributed by atoms with Crippen LogP contribution in [0.2, 0.25) is 0 Å². The number of rotatable bonds is 6. The number of aromatic nitrogens is 1. The molecule has 3 aliphatic heterocycles. The Morgan fingerprint density at radius 2 is 1.53 bits per heavy atom. The lowest BCUT2D eigenvalue weighted by Gasteiger charge is -2.49. The number of benzene rings is 1. The first kappa shape index (κ1) is 28.5. The second-order valence-electron chi connectivity index (χ2n) is 9.40. The van der Waals surface area contributed by atoms with Gasteiger partial charge in [0.2, 0.25) is 0 Å². The number of halogens is 2. The lowest BCUT2D eigenvalue weighted by atomic mass is 9.95. The molecule has 1 N–H and O–H groups in total. The van der Waals surface area contributed by atoms with Gasteiger partial charge in [-0.1, -0.05) is 38.1 Å². The minimum Gasteiger partial charge on any atom is -0.497 e. The number of hydrogen-bond acceptors (Lipinski definition) is 7. The van der Waals surface area contributed by atoms with Crippen LogP contribution in [0.1, 0.15) is 19.5 Å². The standard InChI is InChI=1S/C27H38N6O.2ClH/c1-4-30-12-16-32(17-13-30)26-24-9-7-6-8-22(24)21-27(29-26,25-20-23(34-3)10-11-28-25)33-18-14-31(5-2)15-19-33;;/h6-11,20-21,29H,4-5,12-19H2,1-3H3;2*1H. The van der Waals surface area contributed by atoms with Gasteiger partial charge >= 0.3 is 0 Å². The Morgan fingerprint density at radius 3 is 2.17 bits per heavy atom. The van der Waals surface area contributed by atoms with Gasteiger partial charge in [-0.3, -0.25) is 9.88 Å². The molecule has 0 bridgehead atoms. The van der Waals surface area contributed by atoms with Crippen molar-refractivity contribution in [2.75, 3.05) is 72.6 Å². The fourth-order valence-corrected chi connectivity index (χ4v) is 5.52. The molecule has 0 spiro atoms. The summed E-state index contributed by atoms with van der Waals surface area (Å²) in [6, 6.07) is 12.8. The molecule has 5 rings (SSSR count). The quantitative estimate of drug-likeness (QED) is 0.602. The molecule has 1 aromatic carbocycles. The first-order valence-electron chi connectivity index (χ1n) is 12.7. The molecule has 9 heteroatoms. The monoisotopic (exact) mass is 534 g/mol. The first-order chi connectivity index (χ1) is 16.7. The van der Waals surface area contributed by atoms with E-state index in [-0.39, 0.29) is 24.8 Å². The highest BCUT2D eigenvalue weighted by molar-refractivity contribution is 5.85. The molecule has 198 valence electrons. The molecule has 0 radical (unpaired) electrons. The maximum absolute atomic E-state index is 5.62. The van der Waals surface area contributed by atoms with Crippen molar-refractivity contribution < 1.29 is 4.74 Å². The minimum absolute atomic E-state index is 0. The van der Waals surface area contributed by atoms with Crippen molar-refractivity contribution in [1.82, 2.24) is 29.9 Å². The number of pyridine rings is 1. The highest BCUT2D eigenvalue weighted by Crippen LogP contribution is 2.32. The SMILES string of the molecule is CCN1CCN(C2=c3ccccc3=CC(c3cc(OC)ccn3)(N3CCN(CC)CC3)N2)CC1.Cl.Cl. The third-order valence-electron chi connectivity index (χ3n) is 7.70. The lowest BCUT2D eigenvalue weighted by Crippen LogP contribution is -2.65. The molecule has 1 atom stereocenters. The van der Waals surface area contributed by atoms with E-state index >= 15 is 0 Å². The van der Waals surface area contributed by atoms with E-state index in [0.717, 1.165) is 76.9 Å². The summed E-state index contributed by atoms with van der Waals surface area (Å²) in [6.45, 7) is 15.0. The van der Waals surface area contributed by atoms with Crippen molar-refractivity contribution in [2.45, 2.75) is 19.5 Å². The van der Waals surface area contributed by atoms with E-state index in [9.17, 15) is 0 Å². The summed E-state index contributed by atoms with van der Waals surface area (Å²) in [5.41, 5.74) is 0.455.